The maximum atomic E-state index is 12.1. The van der Waals surface area contributed by atoms with Crippen molar-refractivity contribution in [2.45, 2.75) is 12.8 Å². The van der Waals surface area contributed by atoms with Crippen LogP contribution in [0.5, 0.6) is 0 Å². The number of rotatable bonds is 4. The van der Waals surface area contributed by atoms with Crippen molar-refractivity contribution in [3.05, 3.63) is 33.9 Å². The van der Waals surface area contributed by atoms with Crippen molar-refractivity contribution in [3.8, 4) is 0 Å². The molecule has 0 radical (unpaired) electrons. The molecule has 6 nitrogen and oxygen atoms in total. The van der Waals surface area contributed by atoms with E-state index in [-0.39, 0.29) is 22.8 Å². The minimum Gasteiger partial charge on any atom is -0.393 e. The predicted molar refractivity (Wildman–Crippen MR) is 79.9 cm³/mol. The Hall–Kier alpha value is -1.76. The Morgan fingerprint density at radius 2 is 2.15 bits per heavy atom. The number of hydrogen-bond acceptors (Lipinski definition) is 5. The first-order chi connectivity index (χ1) is 9.59. The van der Waals surface area contributed by atoms with Crippen LogP contribution in [0, 0.1) is 16.0 Å². The van der Waals surface area contributed by atoms with E-state index >= 15 is 0 Å². The average molecular weight is 295 g/mol. The summed E-state index contributed by atoms with van der Waals surface area (Å²) in [6.07, 6.45) is 2.19. The number of benzene rings is 1. The number of nitro groups is 1. The Kier molecular flexibility index (Phi) is 4.84. The first kappa shape index (κ1) is 14.6. The summed E-state index contributed by atoms with van der Waals surface area (Å²) >= 11 is 1.93. The third-order valence-electron chi connectivity index (χ3n) is 3.42. The molecule has 0 atom stereocenters. The molecule has 7 heteroatoms. The number of amides is 1. The van der Waals surface area contributed by atoms with E-state index in [0.717, 1.165) is 24.3 Å². The summed E-state index contributed by atoms with van der Waals surface area (Å²) in [6.45, 7) is 0.599. The third-order valence-corrected chi connectivity index (χ3v) is 4.47. The maximum Gasteiger partial charge on any atom is 0.292 e. The maximum absolute atomic E-state index is 12.1. The highest BCUT2D eigenvalue weighted by atomic mass is 32.2. The molecule has 108 valence electrons. The highest BCUT2D eigenvalue weighted by molar-refractivity contribution is 7.99. The fraction of sp³-hybridized carbons (Fsp3) is 0.462. The third kappa shape index (κ3) is 3.41. The van der Waals surface area contributed by atoms with E-state index in [0.29, 0.717) is 12.5 Å². The van der Waals surface area contributed by atoms with Crippen LogP contribution in [0.15, 0.2) is 18.2 Å². The van der Waals surface area contributed by atoms with Gasteiger partial charge in [0, 0.05) is 12.6 Å². The molecule has 0 aromatic heterocycles. The van der Waals surface area contributed by atoms with E-state index in [9.17, 15) is 14.9 Å². The molecule has 0 unspecified atom stereocenters. The van der Waals surface area contributed by atoms with Crippen molar-refractivity contribution in [1.82, 2.24) is 5.32 Å². The van der Waals surface area contributed by atoms with Gasteiger partial charge in [-0.3, -0.25) is 14.9 Å². The number of carbonyl (C=O) groups is 1. The molecule has 1 aliphatic rings. The second-order valence-electron chi connectivity index (χ2n) is 4.76. The Morgan fingerprint density at radius 1 is 1.45 bits per heavy atom. The molecule has 1 saturated heterocycles. The summed E-state index contributed by atoms with van der Waals surface area (Å²) in [5.74, 6) is 2.39. The Bertz CT molecular complexity index is 516. The first-order valence-corrected chi connectivity index (χ1v) is 7.64. The molecule has 0 saturated carbocycles. The lowest BCUT2D eigenvalue weighted by Crippen LogP contribution is -2.31. The number of anilines is 1. The summed E-state index contributed by atoms with van der Waals surface area (Å²) in [5, 5.41) is 13.6. The number of hydrogen-bond donors (Lipinski definition) is 2. The number of nitrogen functional groups attached to an aromatic ring is 1. The Labute approximate surface area is 121 Å². The molecule has 3 N–H and O–H groups in total. The average Bonchev–Trinajstić information content (AvgIpc) is 2.46. The quantitative estimate of drug-likeness (QED) is 0.503. The topological polar surface area (TPSA) is 98.3 Å². The fourth-order valence-corrected chi connectivity index (χ4v) is 3.40. The van der Waals surface area contributed by atoms with Gasteiger partial charge in [-0.25, -0.2) is 0 Å². The minimum atomic E-state index is -0.579. The molecule has 1 fully saturated rings. The zero-order valence-corrected chi connectivity index (χ0v) is 11.8. The Morgan fingerprint density at radius 3 is 2.80 bits per heavy atom. The Balaban J connectivity index is 2.01. The van der Waals surface area contributed by atoms with Crippen LogP contribution in [0.1, 0.15) is 23.2 Å². The van der Waals surface area contributed by atoms with Crippen molar-refractivity contribution >= 4 is 29.0 Å². The zero-order valence-electron chi connectivity index (χ0n) is 11.0. The highest BCUT2D eigenvalue weighted by Crippen LogP contribution is 2.25. The van der Waals surface area contributed by atoms with Gasteiger partial charge in [0.2, 0.25) is 0 Å². The molecule has 1 heterocycles. The zero-order chi connectivity index (χ0) is 14.5. The number of nitrogens with one attached hydrogen (secondary N) is 1. The van der Waals surface area contributed by atoms with Crippen molar-refractivity contribution in [1.29, 1.82) is 0 Å². The number of para-hydroxylation sites is 1. The van der Waals surface area contributed by atoms with Crippen LogP contribution in [0.3, 0.4) is 0 Å². The molecular formula is C13H17N3O3S. The van der Waals surface area contributed by atoms with Gasteiger partial charge in [-0.05, 0) is 36.3 Å². The van der Waals surface area contributed by atoms with Crippen LogP contribution in [-0.4, -0.2) is 28.9 Å². The summed E-state index contributed by atoms with van der Waals surface area (Å²) in [5.41, 5.74) is 5.55. The van der Waals surface area contributed by atoms with Gasteiger partial charge in [0.25, 0.3) is 11.6 Å². The van der Waals surface area contributed by atoms with E-state index in [1.54, 1.807) is 0 Å². The molecule has 1 aliphatic heterocycles. The smallest absolute Gasteiger partial charge is 0.292 e. The standard InChI is InChI=1S/C13H17N3O3S/c14-12-10(2-1-3-11(12)16(18)19)13(17)15-8-9-4-6-20-7-5-9/h1-3,9H,4-8,14H2,(H,15,17). The van der Waals surface area contributed by atoms with Crippen LogP contribution in [0.2, 0.25) is 0 Å². The second-order valence-corrected chi connectivity index (χ2v) is 5.99. The molecule has 2 rings (SSSR count). The summed E-state index contributed by atoms with van der Waals surface area (Å²) in [7, 11) is 0. The number of thioether (sulfide) groups is 1. The molecular weight excluding hydrogens is 278 g/mol. The van der Waals surface area contributed by atoms with Crippen LogP contribution >= 0.6 is 11.8 Å². The molecule has 0 spiro atoms. The van der Waals surface area contributed by atoms with Gasteiger partial charge in [0.1, 0.15) is 5.69 Å². The van der Waals surface area contributed by atoms with E-state index in [1.165, 1.54) is 18.2 Å². The minimum absolute atomic E-state index is 0.0748. The van der Waals surface area contributed by atoms with Crippen LogP contribution < -0.4 is 11.1 Å². The lowest BCUT2D eigenvalue weighted by Gasteiger charge is -2.21. The van der Waals surface area contributed by atoms with E-state index in [4.69, 9.17) is 5.73 Å². The molecule has 1 aromatic rings. The van der Waals surface area contributed by atoms with Crippen molar-refractivity contribution in [2.75, 3.05) is 23.8 Å². The predicted octanol–water partition coefficient (Wildman–Crippen LogP) is 2.05. The lowest BCUT2D eigenvalue weighted by atomic mass is 10.0. The first-order valence-electron chi connectivity index (χ1n) is 6.48. The highest BCUT2D eigenvalue weighted by Gasteiger charge is 2.20. The van der Waals surface area contributed by atoms with Gasteiger partial charge in [-0.2, -0.15) is 11.8 Å². The normalized spacial score (nSPS) is 15.8. The number of carbonyl (C=O) groups excluding carboxylic acids is 1. The van der Waals surface area contributed by atoms with Gasteiger partial charge < -0.3 is 11.1 Å². The molecule has 1 aromatic carbocycles. The summed E-state index contributed by atoms with van der Waals surface area (Å²) in [4.78, 5) is 22.3. The van der Waals surface area contributed by atoms with Crippen LogP contribution in [0.4, 0.5) is 11.4 Å². The van der Waals surface area contributed by atoms with E-state index < -0.39 is 4.92 Å². The van der Waals surface area contributed by atoms with E-state index in [1.807, 2.05) is 11.8 Å². The fourth-order valence-electron chi connectivity index (χ4n) is 2.19. The molecule has 20 heavy (non-hydrogen) atoms. The van der Waals surface area contributed by atoms with Crippen LogP contribution in [-0.2, 0) is 0 Å². The molecule has 1 amide bonds. The summed E-state index contributed by atoms with van der Waals surface area (Å²) < 4.78 is 0. The lowest BCUT2D eigenvalue weighted by molar-refractivity contribution is -0.383. The van der Waals surface area contributed by atoms with Gasteiger partial charge in [-0.15, -0.1) is 0 Å². The van der Waals surface area contributed by atoms with Crippen molar-refractivity contribution < 1.29 is 9.72 Å². The van der Waals surface area contributed by atoms with E-state index in [2.05, 4.69) is 5.32 Å². The van der Waals surface area contributed by atoms with Gasteiger partial charge in [0.15, 0.2) is 0 Å². The van der Waals surface area contributed by atoms with Gasteiger partial charge in [0.05, 0.1) is 10.5 Å². The number of nitrogens with two attached hydrogens (primary N) is 1. The van der Waals surface area contributed by atoms with Gasteiger partial charge in [-0.1, -0.05) is 6.07 Å². The number of nitro benzene ring substituents is 1. The SMILES string of the molecule is Nc1c(C(=O)NCC2CCSCC2)cccc1[N+](=O)[O-]. The largest absolute Gasteiger partial charge is 0.393 e. The molecule has 0 bridgehead atoms. The molecule has 0 aliphatic carbocycles. The summed E-state index contributed by atoms with van der Waals surface area (Å²) in [6, 6.07) is 4.28. The van der Waals surface area contributed by atoms with Crippen molar-refractivity contribution in [3.63, 3.8) is 0 Å². The number of nitrogens with zero attached hydrogens (tertiary/aromatic N) is 1. The van der Waals surface area contributed by atoms with Crippen LogP contribution in [0.25, 0.3) is 0 Å². The van der Waals surface area contributed by atoms with Crippen molar-refractivity contribution in [2.24, 2.45) is 5.92 Å². The second kappa shape index (κ2) is 6.60. The van der Waals surface area contributed by atoms with Gasteiger partial charge >= 0.3 is 0 Å². The monoisotopic (exact) mass is 295 g/mol.